The normalized spacial score (nSPS) is 11.0. The first kappa shape index (κ1) is 19.2. The van der Waals surface area contributed by atoms with Gasteiger partial charge in [0.15, 0.2) is 0 Å². The number of carbonyl (C=O) groups excluding carboxylic acids is 1. The zero-order valence-corrected chi connectivity index (χ0v) is 13.5. The van der Waals surface area contributed by atoms with E-state index in [4.69, 9.17) is 5.26 Å². The van der Waals surface area contributed by atoms with Crippen LogP contribution in [0.25, 0.3) is 0 Å². The van der Waals surface area contributed by atoms with Gasteiger partial charge in [-0.25, -0.2) is 4.79 Å². The van der Waals surface area contributed by atoms with Crippen molar-refractivity contribution in [2.75, 3.05) is 19.6 Å². The summed E-state index contributed by atoms with van der Waals surface area (Å²) in [6, 6.07) is 1.72. The quantitative estimate of drug-likeness (QED) is 0.683. The minimum Gasteiger partial charge on any atom is -0.481 e. The second kappa shape index (κ2) is 9.22. The Kier molecular flexibility index (Phi) is 8.44. The highest BCUT2D eigenvalue weighted by Crippen LogP contribution is 2.25. The van der Waals surface area contributed by atoms with E-state index < -0.39 is 11.4 Å². The van der Waals surface area contributed by atoms with E-state index in [2.05, 4.69) is 5.32 Å². The molecule has 0 saturated carbocycles. The van der Waals surface area contributed by atoms with Crippen LogP contribution >= 0.6 is 0 Å². The molecule has 0 aromatic carbocycles. The molecular weight excluding hydrogens is 270 g/mol. The van der Waals surface area contributed by atoms with Gasteiger partial charge >= 0.3 is 12.0 Å². The molecule has 0 fully saturated rings. The second-order valence-corrected chi connectivity index (χ2v) is 5.70. The van der Waals surface area contributed by atoms with Crippen LogP contribution in [-0.2, 0) is 4.79 Å². The lowest BCUT2D eigenvalue weighted by atomic mass is 9.82. The van der Waals surface area contributed by atoms with Crippen LogP contribution in [0.3, 0.4) is 0 Å². The van der Waals surface area contributed by atoms with Gasteiger partial charge in [-0.3, -0.25) is 4.79 Å². The van der Waals surface area contributed by atoms with Crippen molar-refractivity contribution >= 4 is 12.0 Å². The summed E-state index contributed by atoms with van der Waals surface area (Å²) in [6.07, 6.45) is 1.19. The van der Waals surface area contributed by atoms with Crippen LogP contribution in [0, 0.1) is 22.7 Å². The maximum Gasteiger partial charge on any atom is 0.317 e. The first-order valence-corrected chi connectivity index (χ1v) is 7.46. The molecule has 6 heteroatoms. The molecule has 0 aromatic heterocycles. The molecule has 120 valence electrons. The fraction of sp³-hybridized carbons (Fsp3) is 0.800. The Morgan fingerprint density at radius 1 is 1.33 bits per heavy atom. The van der Waals surface area contributed by atoms with Gasteiger partial charge < -0.3 is 15.3 Å². The molecule has 0 aromatic rings. The number of rotatable bonds is 9. The molecule has 0 aliphatic heterocycles. The minimum absolute atomic E-state index is 0.106. The van der Waals surface area contributed by atoms with Crippen LogP contribution in [0.15, 0.2) is 0 Å². The monoisotopic (exact) mass is 297 g/mol. The van der Waals surface area contributed by atoms with Crippen molar-refractivity contribution in [3.63, 3.8) is 0 Å². The number of amides is 2. The molecule has 0 aliphatic rings. The SMILES string of the molecule is CCC(CC)(CNC(=O)N(CCC#N)CC(C)C)C(=O)O. The highest BCUT2D eigenvalue weighted by Gasteiger charge is 2.35. The van der Waals surface area contributed by atoms with Crippen molar-refractivity contribution in [3.8, 4) is 6.07 Å². The molecule has 2 N–H and O–H groups in total. The molecular formula is C15H27N3O3. The van der Waals surface area contributed by atoms with Gasteiger partial charge in [0.05, 0.1) is 17.9 Å². The van der Waals surface area contributed by atoms with Gasteiger partial charge in [0.25, 0.3) is 0 Å². The molecule has 0 rings (SSSR count). The first-order valence-electron chi connectivity index (χ1n) is 7.46. The molecule has 0 bridgehead atoms. The van der Waals surface area contributed by atoms with E-state index in [1.54, 1.807) is 4.90 Å². The first-order chi connectivity index (χ1) is 9.82. The van der Waals surface area contributed by atoms with Crippen LogP contribution in [0.1, 0.15) is 47.0 Å². The zero-order valence-electron chi connectivity index (χ0n) is 13.5. The van der Waals surface area contributed by atoms with Gasteiger partial charge in [-0.15, -0.1) is 0 Å². The molecule has 21 heavy (non-hydrogen) atoms. The summed E-state index contributed by atoms with van der Waals surface area (Å²) < 4.78 is 0. The maximum absolute atomic E-state index is 12.2. The van der Waals surface area contributed by atoms with E-state index in [0.29, 0.717) is 25.9 Å². The Labute approximate surface area is 127 Å². The fourth-order valence-electron chi connectivity index (χ4n) is 2.14. The van der Waals surface area contributed by atoms with Crippen molar-refractivity contribution < 1.29 is 14.7 Å². The minimum atomic E-state index is -0.922. The lowest BCUT2D eigenvalue weighted by molar-refractivity contribution is -0.149. The van der Waals surface area contributed by atoms with Crippen molar-refractivity contribution in [3.05, 3.63) is 0 Å². The number of aliphatic carboxylic acids is 1. The largest absolute Gasteiger partial charge is 0.481 e. The van der Waals surface area contributed by atoms with Crippen molar-refractivity contribution in [2.24, 2.45) is 11.3 Å². The van der Waals surface area contributed by atoms with Gasteiger partial charge in [0, 0.05) is 19.6 Å². The number of nitrogens with zero attached hydrogens (tertiary/aromatic N) is 2. The average Bonchev–Trinajstić information content (AvgIpc) is 2.44. The molecule has 0 heterocycles. The van der Waals surface area contributed by atoms with Crippen LogP contribution in [0.5, 0.6) is 0 Å². The Morgan fingerprint density at radius 3 is 2.29 bits per heavy atom. The van der Waals surface area contributed by atoms with Gasteiger partial charge in [-0.1, -0.05) is 27.7 Å². The Morgan fingerprint density at radius 2 is 1.90 bits per heavy atom. The van der Waals surface area contributed by atoms with Gasteiger partial charge in [0.2, 0.25) is 0 Å². The zero-order chi connectivity index (χ0) is 16.5. The molecule has 0 aliphatic carbocycles. The number of urea groups is 1. The fourth-order valence-corrected chi connectivity index (χ4v) is 2.14. The van der Waals surface area contributed by atoms with Crippen LogP contribution in [0.2, 0.25) is 0 Å². The third-order valence-electron chi connectivity index (χ3n) is 3.75. The summed E-state index contributed by atoms with van der Waals surface area (Å²) in [5, 5.41) is 20.7. The summed E-state index contributed by atoms with van der Waals surface area (Å²) in [4.78, 5) is 25.2. The number of carboxylic acids is 1. The lowest BCUT2D eigenvalue weighted by Gasteiger charge is -2.29. The van der Waals surface area contributed by atoms with E-state index in [9.17, 15) is 14.7 Å². The third-order valence-corrected chi connectivity index (χ3v) is 3.75. The molecule has 0 atom stereocenters. The number of carboxylic acid groups (broad SMARTS) is 1. The number of carbonyl (C=O) groups is 2. The highest BCUT2D eigenvalue weighted by molar-refractivity contribution is 5.78. The highest BCUT2D eigenvalue weighted by atomic mass is 16.4. The number of hydrogen-bond acceptors (Lipinski definition) is 3. The molecule has 0 unspecified atom stereocenters. The topological polar surface area (TPSA) is 93.4 Å². The van der Waals surface area contributed by atoms with E-state index in [0.717, 1.165) is 0 Å². The average molecular weight is 297 g/mol. The predicted molar refractivity (Wildman–Crippen MR) is 80.7 cm³/mol. The molecule has 0 radical (unpaired) electrons. The van der Waals surface area contributed by atoms with Crippen molar-refractivity contribution in [1.82, 2.24) is 10.2 Å². The van der Waals surface area contributed by atoms with Gasteiger partial charge in [-0.2, -0.15) is 5.26 Å². The van der Waals surface area contributed by atoms with E-state index in [-0.39, 0.29) is 24.9 Å². The van der Waals surface area contributed by atoms with E-state index in [1.807, 2.05) is 33.8 Å². The maximum atomic E-state index is 12.2. The number of hydrogen-bond donors (Lipinski definition) is 2. The van der Waals surface area contributed by atoms with Crippen LogP contribution in [-0.4, -0.2) is 41.6 Å². The van der Waals surface area contributed by atoms with Crippen LogP contribution in [0.4, 0.5) is 4.79 Å². The van der Waals surface area contributed by atoms with Crippen LogP contribution < -0.4 is 5.32 Å². The lowest BCUT2D eigenvalue weighted by Crippen LogP contribution is -2.48. The van der Waals surface area contributed by atoms with Gasteiger partial charge in [-0.05, 0) is 18.8 Å². The summed E-state index contributed by atoms with van der Waals surface area (Å²) in [5.74, 6) is -0.601. The number of nitrogens with one attached hydrogen (secondary N) is 1. The molecule has 2 amide bonds. The smallest absolute Gasteiger partial charge is 0.317 e. The van der Waals surface area contributed by atoms with Crippen molar-refractivity contribution in [2.45, 2.75) is 47.0 Å². The number of nitriles is 1. The summed E-state index contributed by atoms with van der Waals surface area (Å²) in [5.41, 5.74) is -0.922. The summed E-state index contributed by atoms with van der Waals surface area (Å²) in [7, 11) is 0. The summed E-state index contributed by atoms with van der Waals surface area (Å²) >= 11 is 0. The van der Waals surface area contributed by atoms with E-state index >= 15 is 0 Å². The molecule has 6 nitrogen and oxygen atoms in total. The standard InChI is InChI=1S/C15H27N3O3/c1-5-15(6-2,13(19)20)11-17-14(21)18(9-7-8-16)10-12(3)4/h12H,5-7,9-11H2,1-4H3,(H,17,21)(H,19,20). The summed E-state index contributed by atoms with van der Waals surface area (Å²) in [6.45, 7) is 8.62. The Hall–Kier alpha value is -1.77. The molecule has 0 saturated heterocycles. The van der Waals surface area contributed by atoms with Crippen molar-refractivity contribution in [1.29, 1.82) is 5.26 Å². The Bertz CT molecular complexity index is 384. The second-order valence-electron chi connectivity index (χ2n) is 5.70. The molecule has 0 spiro atoms. The van der Waals surface area contributed by atoms with E-state index in [1.165, 1.54) is 0 Å². The Balaban J connectivity index is 4.74. The third kappa shape index (κ3) is 6.03. The van der Waals surface area contributed by atoms with Gasteiger partial charge in [0.1, 0.15) is 0 Å². The predicted octanol–water partition coefficient (Wildman–Crippen LogP) is 2.46.